The van der Waals surface area contributed by atoms with E-state index >= 15 is 0 Å². The fourth-order valence-electron chi connectivity index (χ4n) is 6.67. The molecule has 0 radical (unpaired) electrons. The minimum absolute atomic E-state index is 0.263. The van der Waals surface area contributed by atoms with Crippen molar-refractivity contribution < 1.29 is 28.5 Å². The first-order valence-corrected chi connectivity index (χ1v) is 16.8. The predicted molar refractivity (Wildman–Crippen MR) is 173 cm³/mol. The highest BCUT2D eigenvalue weighted by Crippen LogP contribution is 2.41. The van der Waals surface area contributed by atoms with Gasteiger partial charge in [0.2, 0.25) is 13.6 Å². The molecule has 236 valence electrons. The van der Waals surface area contributed by atoms with Crippen LogP contribution in [0.4, 0.5) is 0 Å². The molecule has 0 amide bonds. The second-order valence-corrected chi connectivity index (χ2v) is 12.6. The second kappa shape index (κ2) is 16.0. The Morgan fingerprint density at radius 2 is 0.977 bits per heavy atom. The fraction of sp³-hybridized carbons (Fsp3) is 0.526. The van der Waals surface area contributed by atoms with Crippen LogP contribution in [0.1, 0.15) is 127 Å². The van der Waals surface area contributed by atoms with Crippen molar-refractivity contribution in [3.05, 3.63) is 70.8 Å². The summed E-state index contributed by atoms with van der Waals surface area (Å²) in [6.07, 6.45) is 19.1. The molecule has 0 bridgehead atoms. The first-order valence-electron chi connectivity index (χ1n) is 16.8. The first kappa shape index (κ1) is 31.9. The summed E-state index contributed by atoms with van der Waals surface area (Å²) in [5, 5.41) is 0. The summed E-state index contributed by atoms with van der Waals surface area (Å²) in [4.78, 5) is 24.1. The Labute approximate surface area is 262 Å². The summed E-state index contributed by atoms with van der Waals surface area (Å²) >= 11 is 0. The molecule has 0 saturated carbocycles. The molecular weight excluding hydrogens is 552 g/mol. The van der Waals surface area contributed by atoms with Crippen LogP contribution in [-0.4, -0.2) is 25.2 Å². The zero-order valence-corrected chi connectivity index (χ0v) is 26.5. The number of ketones is 2. The summed E-state index contributed by atoms with van der Waals surface area (Å²) < 4.78 is 21.6. The van der Waals surface area contributed by atoms with E-state index in [1.807, 2.05) is 36.4 Å². The van der Waals surface area contributed by atoms with Crippen molar-refractivity contribution >= 4 is 11.6 Å². The standard InChI is InChI=1S/2C19H24O3/c2*1-2-3-4-5-6-14-9-16(11-17(20)10-14)15-7-8-18-19(12-15)22-13-21-18/h2*7-8,10,12,16H,2-6,9,11,13H2,1H3. The van der Waals surface area contributed by atoms with E-state index in [4.69, 9.17) is 18.9 Å². The summed E-state index contributed by atoms with van der Waals surface area (Å²) in [5.74, 6) is 4.33. The summed E-state index contributed by atoms with van der Waals surface area (Å²) in [7, 11) is 0. The van der Waals surface area contributed by atoms with Crippen molar-refractivity contribution in [3.8, 4) is 23.0 Å². The molecule has 0 saturated heterocycles. The molecule has 2 unspecified atom stereocenters. The van der Waals surface area contributed by atoms with Gasteiger partial charge in [-0.25, -0.2) is 0 Å². The van der Waals surface area contributed by atoms with E-state index < -0.39 is 0 Å². The van der Waals surface area contributed by atoms with E-state index in [0.29, 0.717) is 26.4 Å². The van der Waals surface area contributed by atoms with E-state index in [-0.39, 0.29) is 23.4 Å². The van der Waals surface area contributed by atoms with E-state index in [2.05, 4.69) is 26.0 Å². The van der Waals surface area contributed by atoms with Crippen molar-refractivity contribution in [2.24, 2.45) is 0 Å². The lowest BCUT2D eigenvalue weighted by Crippen LogP contribution is -2.13. The average molecular weight is 601 g/mol. The van der Waals surface area contributed by atoms with Crippen LogP contribution in [0.2, 0.25) is 0 Å². The van der Waals surface area contributed by atoms with Crippen molar-refractivity contribution in [2.75, 3.05) is 13.6 Å². The Morgan fingerprint density at radius 1 is 0.545 bits per heavy atom. The van der Waals surface area contributed by atoms with Crippen molar-refractivity contribution in [1.82, 2.24) is 0 Å². The number of rotatable bonds is 12. The van der Waals surface area contributed by atoms with Gasteiger partial charge < -0.3 is 18.9 Å². The van der Waals surface area contributed by atoms with Crippen LogP contribution < -0.4 is 18.9 Å². The van der Waals surface area contributed by atoms with Gasteiger partial charge in [0.1, 0.15) is 0 Å². The molecule has 2 aliphatic carbocycles. The Hall–Kier alpha value is -3.54. The Bertz CT molecular complexity index is 1250. The summed E-state index contributed by atoms with van der Waals surface area (Å²) in [5.41, 5.74) is 5.01. The third-order valence-electron chi connectivity index (χ3n) is 9.08. The molecule has 4 aliphatic rings. The van der Waals surface area contributed by atoms with E-state index in [0.717, 1.165) is 48.7 Å². The van der Waals surface area contributed by atoms with Gasteiger partial charge in [0.25, 0.3) is 0 Å². The van der Waals surface area contributed by atoms with E-state index in [1.165, 1.54) is 73.6 Å². The maximum atomic E-state index is 12.0. The molecule has 44 heavy (non-hydrogen) atoms. The quantitative estimate of drug-likeness (QED) is 0.226. The fourth-order valence-corrected chi connectivity index (χ4v) is 6.67. The van der Waals surface area contributed by atoms with Gasteiger partial charge >= 0.3 is 0 Å². The minimum atomic E-state index is 0.263. The molecule has 6 heteroatoms. The summed E-state index contributed by atoms with van der Waals surface area (Å²) in [6.45, 7) is 5.04. The number of unbranched alkanes of at least 4 members (excludes halogenated alkanes) is 6. The highest BCUT2D eigenvalue weighted by Gasteiger charge is 2.25. The summed E-state index contributed by atoms with van der Waals surface area (Å²) in [6, 6.07) is 12.2. The lowest BCUT2D eigenvalue weighted by Gasteiger charge is -2.22. The SMILES string of the molecule is CCCCCCC1=CC(=O)CC(c2ccc3c(c2)OCO3)C1.CCCCCCC1=CC(=O)CC(c2ccc3c(c2)OCO3)C1. The van der Waals surface area contributed by atoms with Crippen LogP contribution in [0.5, 0.6) is 23.0 Å². The number of ether oxygens (including phenoxy) is 4. The lowest BCUT2D eigenvalue weighted by atomic mass is 9.81. The Kier molecular flexibility index (Phi) is 11.6. The van der Waals surface area contributed by atoms with Gasteiger partial charge in [-0.2, -0.15) is 0 Å². The zero-order chi connectivity index (χ0) is 30.7. The zero-order valence-electron chi connectivity index (χ0n) is 26.5. The van der Waals surface area contributed by atoms with Gasteiger partial charge in [-0.05, 0) is 97.9 Å². The number of hydrogen-bond acceptors (Lipinski definition) is 6. The molecular formula is C38H48O6. The highest BCUT2D eigenvalue weighted by atomic mass is 16.7. The van der Waals surface area contributed by atoms with Crippen LogP contribution in [0.15, 0.2) is 59.7 Å². The Morgan fingerprint density at radius 3 is 1.41 bits per heavy atom. The van der Waals surface area contributed by atoms with Crippen LogP contribution in [0.3, 0.4) is 0 Å². The predicted octanol–water partition coefficient (Wildman–Crippen LogP) is 9.52. The average Bonchev–Trinajstić information content (AvgIpc) is 3.70. The lowest BCUT2D eigenvalue weighted by molar-refractivity contribution is -0.116. The first-order chi connectivity index (χ1) is 21.5. The number of benzene rings is 2. The molecule has 2 aromatic carbocycles. The molecule has 2 atom stereocenters. The van der Waals surface area contributed by atoms with Crippen LogP contribution in [0, 0.1) is 0 Å². The number of allylic oxidation sites excluding steroid dienone is 4. The monoisotopic (exact) mass is 600 g/mol. The number of carbonyl (C=O) groups excluding carboxylic acids is 2. The van der Waals surface area contributed by atoms with Crippen molar-refractivity contribution in [2.45, 2.75) is 116 Å². The van der Waals surface area contributed by atoms with E-state index in [1.54, 1.807) is 0 Å². The topological polar surface area (TPSA) is 71.1 Å². The molecule has 6 rings (SSSR count). The molecule has 0 fully saturated rings. The third kappa shape index (κ3) is 8.77. The molecule has 2 heterocycles. The molecule has 2 aromatic rings. The van der Waals surface area contributed by atoms with Gasteiger partial charge in [-0.15, -0.1) is 0 Å². The van der Waals surface area contributed by atoms with Gasteiger partial charge in [0, 0.05) is 12.8 Å². The second-order valence-electron chi connectivity index (χ2n) is 12.6. The van der Waals surface area contributed by atoms with E-state index in [9.17, 15) is 9.59 Å². The largest absolute Gasteiger partial charge is 0.454 e. The normalized spacial score (nSPS) is 20.1. The van der Waals surface area contributed by atoms with Gasteiger partial charge in [-0.3, -0.25) is 9.59 Å². The van der Waals surface area contributed by atoms with Gasteiger partial charge in [0.05, 0.1) is 0 Å². The molecule has 0 N–H and O–H groups in total. The van der Waals surface area contributed by atoms with Gasteiger partial charge in [0.15, 0.2) is 34.6 Å². The van der Waals surface area contributed by atoms with Crippen molar-refractivity contribution in [1.29, 1.82) is 0 Å². The number of hydrogen-bond donors (Lipinski definition) is 0. The number of carbonyl (C=O) groups is 2. The van der Waals surface area contributed by atoms with Crippen LogP contribution >= 0.6 is 0 Å². The van der Waals surface area contributed by atoms with Crippen molar-refractivity contribution in [3.63, 3.8) is 0 Å². The highest BCUT2D eigenvalue weighted by molar-refractivity contribution is 5.92. The molecule has 0 spiro atoms. The van der Waals surface area contributed by atoms with Crippen LogP contribution in [0.25, 0.3) is 0 Å². The third-order valence-corrected chi connectivity index (χ3v) is 9.08. The molecule has 2 aliphatic heterocycles. The number of fused-ring (bicyclic) bond motifs is 2. The molecule has 0 aromatic heterocycles. The molecule has 6 nitrogen and oxygen atoms in total. The smallest absolute Gasteiger partial charge is 0.231 e. The maximum absolute atomic E-state index is 12.0. The van der Waals surface area contributed by atoms with Gasteiger partial charge in [-0.1, -0.05) is 75.7 Å². The van der Waals surface area contributed by atoms with Crippen LogP contribution in [-0.2, 0) is 9.59 Å². The Balaban J connectivity index is 0.000000175. The minimum Gasteiger partial charge on any atom is -0.454 e. The maximum Gasteiger partial charge on any atom is 0.231 e.